The van der Waals surface area contributed by atoms with E-state index in [1.165, 1.54) is 38.5 Å². The number of aryl methyl sites for hydroxylation is 1. The molecule has 0 fully saturated rings. The highest BCUT2D eigenvalue weighted by atomic mass is 16.6. The highest BCUT2D eigenvalue weighted by molar-refractivity contribution is 5.86. The number of unbranched alkanes of at least 4 members (excludes halogenated alkanes) is 6. The number of benzene rings is 1. The maximum Gasteiger partial charge on any atom is 0.333 e. The van der Waals surface area contributed by atoms with Crippen molar-refractivity contribution in [1.29, 1.82) is 0 Å². The predicted molar refractivity (Wildman–Crippen MR) is 166 cm³/mol. The second kappa shape index (κ2) is 28.6. The van der Waals surface area contributed by atoms with E-state index in [2.05, 4.69) is 13.5 Å². The number of phenols is 1. The molecule has 0 amide bonds. The quantitative estimate of drug-likeness (QED) is 0.0675. The largest absolute Gasteiger partial charge is 0.508 e. The molecule has 0 bridgehead atoms. The Hall–Kier alpha value is -2.21. The van der Waals surface area contributed by atoms with Gasteiger partial charge in [-0.15, -0.1) is 0 Å². The fourth-order valence-electron chi connectivity index (χ4n) is 3.86. The van der Waals surface area contributed by atoms with E-state index < -0.39 is 5.97 Å². The van der Waals surface area contributed by atoms with Gasteiger partial charge in [-0.05, 0) is 43.5 Å². The molecule has 1 aromatic carbocycles. The molecule has 0 aliphatic rings. The van der Waals surface area contributed by atoms with Crippen molar-refractivity contribution in [3.63, 3.8) is 0 Å². The van der Waals surface area contributed by atoms with Crippen molar-refractivity contribution in [2.75, 3.05) is 92.5 Å². The summed E-state index contributed by atoms with van der Waals surface area (Å²) in [6, 6.07) is 5.43. The lowest BCUT2D eigenvalue weighted by atomic mass is 10.0. The van der Waals surface area contributed by atoms with Gasteiger partial charge in [0.15, 0.2) is 0 Å². The highest BCUT2D eigenvalue weighted by Crippen LogP contribution is 2.25. The van der Waals surface area contributed by atoms with Gasteiger partial charge in [-0.2, -0.15) is 0 Å². The second-order valence-electron chi connectivity index (χ2n) is 10.1. The molecule has 0 aliphatic carbocycles. The van der Waals surface area contributed by atoms with Crippen molar-refractivity contribution in [3.8, 4) is 11.5 Å². The van der Waals surface area contributed by atoms with Crippen molar-refractivity contribution >= 4 is 5.97 Å². The SMILES string of the molecule is C=C(C)C(=O)OCCOCCOCCOCCOCCOCCOCCOc1ccc(O)c(CCCCCCCCC)c1. The van der Waals surface area contributed by atoms with Gasteiger partial charge >= 0.3 is 5.97 Å². The summed E-state index contributed by atoms with van der Waals surface area (Å²) in [5.41, 5.74) is 1.32. The summed E-state index contributed by atoms with van der Waals surface area (Å²) in [6.45, 7) is 13.5. The number of carbonyl (C=O) groups excluding carboxylic acids is 1. The minimum Gasteiger partial charge on any atom is -0.508 e. The molecule has 0 saturated carbocycles. The fraction of sp³-hybridized carbons (Fsp3) is 0.727. The van der Waals surface area contributed by atoms with E-state index in [9.17, 15) is 9.90 Å². The lowest BCUT2D eigenvalue weighted by Gasteiger charge is -2.11. The summed E-state index contributed by atoms with van der Waals surface area (Å²) >= 11 is 0. The Balaban J connectivity index is 1.83. The highest BCUT2D eigenvalue weighted by Gasteiger charge is 2.05. The molecule has 0 unspecified atom stereocenters. The number of phenolic OH excluding ortho intramolecular Hbond substituents is 1. The third kappa shape index (κ3) is 23.9. The summed E-state index contributed by atoms with van der Waals surface area (Å²) in [4.78, 5) is 11.2. The van der Waals surface area contributed by atoms with Crippen LogP contribution in [0, 0.1) is 0 Å². The van der Waals surface area contributed by atoms with Crippen LogP contribution in [0.2, 0.25) is 0 Å². The van der Waals surface area contributed by atoms with Crippen molar-refractivity contribution in [2.45, 2.75) is 65.2 Å². The molecular formula is C33H56O10. The number of esters is 1. The van der Waals surface area contributed by atoms with Crippen LogP contribution in [-0.4, -0.2) is 104 Å². The zero-order chi connectivity index (χ0) is 31.2. The molecule has 0 radical (unpaired) electrons. The normalized spacial score (nSPS) is 11.1. The molecule has 0 spiro atoms. The van der Waals surface area contributed by atoms with Crippen LogP contribution in [0.25, 0.3) is 0 Å². The Morgan fingerprint density at radius 1 is 0.651 bits per heavy atom. The van der Waals surface area contributed by atoms with Crippen molar-refractivity contribution in [3.05, 3.63) is 35.9 Å². The Bertz CT molecular complexity index is 817. The van der Waals surface area contributed by atoms with E-state index in [-0.39, 0.29) is 6.61 Å². The fourth-order valence-corrected chi connectivity index (χ4v) is 3.86. The van der Waals surface area contributed by atoms with E-state index in [0.717, 1.165) is 24.2 Å². The molecule has 1 N–H and O–H groups in total. The van der Waals surface area contributed by atoms with Crippen LogP contribution in [-0.2, 0) is 44.4 Å². The number of hydrogen-bond acceptors (Lipinski definition) is 10. The van der Waals surface area contributed by atoms with Gasteiger partial charge in [0.1, 0.15) is 24.7 Å². The molecule has 1 rings (SSSR count). The minimum atomic E-state index is -0.411. The number of ether oxygens (including phenoxy) is 8. The zero-order valence-corrected chi connectivity index (χ0v) is 26.6. The van der Waals surface area contributed by atoms with Crippen molar-refractivity contribution < 1.29 is 47.8 Å². The summed E-state index contributed by atoms with van der Waals surface area (Å²) in [7, 11) is 0. The van der Waals surface area contributed by atoms with Gasteiger partial charge in [0.05, 0.1) is 79.3 Å². The van der Waals surface area contributed by atoms with Gasteiger partial charge < -0.3 is 43.0 Å². The molecule has 43 heavy (non-hydrogen) atoms. The van der Waals surface area contributed by atoms with Crippen LogP contribution in [0.3, 0.4) is 0 Å². The lowest BCUT2D eigenvalue weighted by Crippen LogP contribution is -2.15. The summed E-state index contributed by atoms with van der Waals surface area (Å²) in [6.07, 6.45) is 9.62. The van der Waals surface area contributed by atoms with Gasteiger partial charge in [0.2, 0.25) is 0 Å². The standard InChI is InChI=1S/C33H56O10/c1-4-5-6-7-8-9-10-11-30-28-31(12-13-32(30)34)42-26-24-40-22-20-38-18-16-36-14-15-37-17-19-39-21-23-41-25-27-43-33(35)29(2)3/h12-13,28,34H,2,4-11,14-27H2,1,3H3. The Kier molecular flexibility index (Phi) is 25.8. The van der Waals surface area contributed by atoms with Gasteiger partial charge in [0, 0.05) is 5.57 Å². The maximum atomic E-state index is 11.2. The summed E-state index contributed by atoms with van der Waals surface area (Å²) in [5, 5.41) is 10.1. The molecule has 0 aliphatic heterocycles. The van der Waals surface area contributed by atoms with E-state index >= 15 is 0 Å². The van der Waals surface area contributed by atoms with E-state index in [4.69, 9.17) is 37.9 Å². The second-order valence-corrected chi connectivity index (χ2v) is 10.1. The van der Waals surface area contributed by atoms with Crippen molar-refractivity contribution in [1.82, 2.24) is 0 Å². The van der Waals surface area contributed by atoms with Crippen LogP contribution < -0.4 is 4.74 Å². The first kappa shape index (κ1) is 38.8. The minimum absolute atomic E-state index is 0.201. The maximum absolute atomic E-state index is 11.2. The molecule has 10 heteroatoms. The van der Waals surface area contributed by atoms with E-state index in [1.807, 2.05) is 6.07 Å². The first-order valence-corrected chi connectivity index (χ1v) is 15.8. The smallest absolute Gasteiger partial charge is 0.333 e. The molecule has 248 valence electrons. The van der Waals surface area contributed by atoms with Crippen LogP contribution in [0.1, 0.15) is 64.4 Å². The molecular weight excluding hydrogens is 556 g/mol. The zero-order valence-electron chi connectivity index (χ0n) is 26.6. The lowest BCUT2D eigenvalue weighted by molar-refractivity contribution is -0.140. The van der Waals surface area contributed by atoms with Gasteiger partial charge in [0.25, 0.3) is 0 Å². The van der Waals surface area contributed by atoms with Gasteiger partial charge in [-0.1, -0.05) is 52.0 Å². The molecule has 10 nitrogen and oxygen atoms in total. The number of rotatable bonds is 31. The monoisotopic (exact) mass is 612 g/mol. The number of hydrogen-bond donors (Lipinski definition) is 1. The third-order valence-corrected chi connectivity index (χ3v) is 6.27. The first-order valence-electron chi connectivity index (χ1n) is 15.8. The van der Waals surface area contributed by atoms with Crippen LogP contribution in [0.5, 0.6) is 11.5 Å². The molecule has 1 aromatic rings. The average Bonchev–Trinajstić information content (AvgIpc) is 3.00. The molecule has 0 saturated heterocycles. The Labute approximate surface area is 258 Å². The molecule has 0 atom stereocenters. The Morgan fingerprint density at radius 3 is 1.58 bits per heavy atom. The van der Waals surface area contributed by atoms with E-state index in [1.54, 1.807) is 19.1 Å². The third-order valence-electron chi connectivity index (χ3n) is 6.27. The summed E-state index contributed by atoms with van der Waals surface area (Å²) < 4.78 is 43.4. The van der Waals surface area contributed by atoms with Gasteiger partial charge in [-0.3, -0.25) is 0 Å². The Morgan fingerprint density at radius 2 is 1.09 bits per heavy atom. The van der Waals surface area contributed by atoms with Crippen LogP contribution >= 0.6 is 0 Å². The molecule has 0 aromatic heterocycles. The summed E-state index contributed by atoms with van der Waals surface area (Å²) in [5.74, 6) is 0.683. The number of aromatic hydroxyl groups is 1. The first-order chi connectivity index (χ1) is 21.0. The molecule has 0 heterocycles. The van der Waals surface area contributed by atoms with Gasteiger partial charge in [-0.25, -0.2) is 4.79 Å². The van der Waals surface area contributed by atoms with E-state index in [0.29, 0.717) is 97.2 Å². The van der Waals surface area contributed by atoms with Crippen molar-refractivity contribution in [2.24, 2.45) is 0 Å². The van der Waals surface area contributed by atoms with Crippen LogP contribution in [0.4, 0.5) is 0 Å². The average molecular weight is 613 g/mol. The predicted octanol–water partition coefficient (Wildman–Crippen LogP) is 5.28. The van der Waals surface area contributed by atoms with Crippen LogP contribution in [0.15, 0.2) is 30.4 Å². The topological polar surface area (TPSA) is 111 Å². The number of carbonyl (C=O) groups is 1.